The van der Waals surface area contributed by atoms with Gasteiger partial charge in [0.05, 0.1) is 30.0 Å². The van der Waals surface area contributed by atoms with Crippen molar-refractivity contribution >= 4 is 16.8 Å². The molecule has 0 unspecified atom stereocenters. The van der Waals surface area contributed by atoms with Crippen LogP contribution in [0.2, 0.25) is 0 Å². The molecule has 1 N–H and O–H groups in total. The number of pyridine rings is 1. The van der Waals surface area contributed by atoms with Crippen molar-refractivity contribution in [1.29, 1.82) is 0 Å². The van der Waals surface area contributed by atoms with E-state index in [2.05, 4.69) is 29.0 Å². The Morgan fingerprint density at radius 3 is 2.57 bits per heavy atom. The monoisotopic (exact) mass is 407 g/mol. The lowest BCUT2D eigenvalue weighted by Gasteiger charge is -2.40. The van der Waals surface area contributed by atoms with Gasteiger partial charge < -0.3 is 10.1 Å². The summed E-state index contributed by atoms with van der Waals surface area (Å²) in [4.78, 5) is 20.2. The van der Waals surface area contributed by atoms with Crippen molar-refractivity contribution < 1.29 is 13.9 Å². The summed E-state index contributed by atoms with van der Waals surface area (Å²) < 4.78 is 18.8. The number of halogens is 1. The lowest BCUT2D eigenvalue weighted by molar-refractivity contribution is -0.00922. The molecule has 0 spiro atoms. The van der Waals surface area contributed by atoms with E-state index in [9.17, 15) is 9.18 Å². The zero-order valence-electron chi connectivity index (χ0n) is 17.3. The molecule has 30 heavy (non-hydrogen) atoms. The summed E-state index contributed by atoms with van der Waals surface area (Å²) in [6.45, 7) is 7.93. The number of aromatic nitrogens is 1. The molecule has 156 valence electrons. The molecule has 1 aliphatic rings. The molecule has 2 aromatic carbocycles. The van der Waals surface area contributed by atoms with Crippen molar-refractivity contribution in [1.82, 2.24) is 15.2 Å². The van der Waals surface area contributed by atoms with Crippen LogP contribution in [-0.4, -0.2) is 54.2 Å². The first-order valence-electron chi connectivity index (χ1n) is 10.2. The van der Waals surface area contributed by atoms with E-state index in [0.717, 1.165) is 29.6 Å². The van der Waals surface area contributed by atoms with Gasteiger partial charge in [-0.3, -0.25) is 9.69 Å². The van der Waals surface area contributed by atoms with Crippen molar-refractivity contribution in [2.24, 2.45) is 0 Å². The Kier molecular flexibility index (Phi) is 5.79. The van der Waals surface area contributed by atoms with Crippen molar-refractivity contribution in [3.63, 3.8) is 0 Å². The van der Waals surface area contributed by atoms with E-state index in [0.29, 0.717) is 31.0 Å². The molecule has 0 radical (unpaired) electrons. The number of rotatable bonds is 5. The SMILES string of the molecule is CC(C)(CNC(=O)c1cc(-c2ccc(F)cc2)nc2ccccc12)N1CCOCC1. The van der Waals surface area contributed by atoms with Crippen LogP contribution in [0.3, 0.4) is 0 Å². The highest BCUT2D eigenvalue weighted by molar-refractivity contribution is 6.07. The number of carbonyl (C=O) groups excluding carboxylic acids is 1. The molecule has 0 saturated carbocycles. The van der Waals surface area contributed by atoms with Crippen LogP contribution < -0.4 is 5.32 Å². The minimum atomic E-state index is -0.303. The van der Waals surface area contributed by atoms with E-state index in [4.69, 9.17) is 4.74 Å². The molecule has 0 bridgehead atoms. The van der Waals surface area contributed by atoms with Gasteiger partial charge in [0, 0.05) is 36.1 Å². The number of benzene rings is 2. The number of morpholine rings is 1. The predicted octanol–water partition coefficient (Wildman–Crippen LogP) is 3.88. The second-order valence-electron chi connectivity index (χ2n) is 8.17. The molecule has 6 heteroatoms. The van der Waals surface area contributed by atoms with E-state index in [-0.39, 0.29) is 17.3 Å². The zero-order valence-corrected chi connectivity index (χ0v) is 17.3. The van der Waals surface area contributed by atoms with Gasteiger partial charge in [0.25, 0.3) is 5.91 Å². The summed E-state index contributed by atoms with van der Waals surface area (Å²) in [6.07, 6.45) is 0. The van der Waals surface area contributed by atoms with Gasteiger partial charge in [-0.05, 0) is 50.2 Å². The first-order chi connectivity index (χ1) is 14.4. The van der Waals surface area contributed by atoms with Crippen LogP contribution in [-0.2, 0) is 4.74 Å². The standard InChI is InChI=1S/C24H26FN3O2/c1-24(2,28-11-13-30-14-12-28)16-26-23(29)20-15-22(17-7-9-18(25)10-8-17)27-21-6-4-3-5-19(20)21/h3-10,15H,11-14,16H2,1-2H3,(H,26,29). The summed E-state index contributed by atoms with van der Waals surface area (Å²) in [5.41, 5.74) is 2.54. The molecule has 4 rings (SSSR count). The molecule has 1 aliphatic heterocycles. The summed E-state index contributed by atoms with van der Waals surface area (Å²) in [5, 5.41) is 3.90. The Morgan fingerprint density at radius 1 is 1.13 bits per heavy atom. The van der Waals surface area contributed by atoms with Crippen LogP contribution in [0.15, 0.2) is 54.6 Å². The van der Waals surface area contributed by atoms with Crippen LogP contribution in [0.25, 0.3) is 22.2 Å². The number of amides is 1. The molecule has 5 nitrogen and oxygen atoms in total. The first kappa shape index (κ1) is 20.4. The summed E-state index contributed by atoms with van der Waals surface area (Å²) in [6, 6.07) is 15.5. The van der Waals surface area contributed by atoms with E-state index in [1.54, 1.807) is 18.2 Å². The third kappa shape index (κ3) is 4.35. The molecule has 3 aromatic rings. The third-order valence-corrected chi connectivity index (χ3v) is 5.65. The van der Waals surface area contributed by atoms with Gasteiger partial charge in [0.2, 0.25) is 0 Å². The van der Waals surface area contributed by atoms with E-state index < -0.39 is 0 Å². The number of nitrogens with one attached hydrogen (secondary N) is 1. The molecule has 1 fully saturated rings. The molecule has 2 heterocycles. The largest absolute Gasteiger partial charge is 0.379 e. The quantitative estimate of drug-likeness (QED) is 0.697. The average Bonchev–Trinajstić information content (AvgIpc) is 2.78. The van der Waals surface area contributed by atoms with Gasteiger partial charge in [0.15, 0.2) is 0 Å². The van der Waals surface area contributed by atoms with Crippen LogP contribution in [0, 0.1) is 5.82 Å². The Bertz CT molecular complexity index is 1040. The Labute approximate surface area is 175 Å². The van der Waals surface area contributed by atoms with Crippen molar-refractivity contribution in [3.8, 4) is 11.3 Å². The third-order valence-electron chi connectivity index (χ3n) is 5.65. The van der Waals surface area contributed by atoms with Gasteiger partial charge >= 0.3 is 0 Å². The maximum atomic E-state index is 13.3. The number of hydrogen-bond donors (Lipinski definition) is 1. The fourth-order valence-electron chi connectivity index (χ4n) is 3.80. The smallest absolute Gasteiger partial charge is 0.252 e. The Balaban J connectivity index is 1.62. The first-order valence-corrected chi connectivity index (χ1v) is 10.2. The highest BCUT2D eigenvalue weighted by Crippen LogP contribution is 2.25. The number of nitrogens with zero attached hydrogens (tertiary/aromatic N) is 2. The Hall–Kier alpha value is -2.83. The molecule has 1 aromatic heterocycles. The molecular formula is C24H26FN3O2. The van der Waals surface area contributed by atoms with Crippen molar-refractivity contribution in [3.05, 3.63) is 66.0 Å². The number of carbonyl (C=O) groups is 1. The summed E-state index contributed by atoms with van der Waals surface area (Å²) in [5.74, 6) is -0.443. The molecule has 1 saturated heterocycles. The average molecular weight is 407 g/mol. The maximum Gasteiger partial charge on any atom is 0.252 e. The highest BCUT2D eigenvalue weighted by Gasteiger charge is 2.29. The topological polar surface area (TPSA) is 54.5 Å². The van der Waals surface area contributed by atoms with Crippen molar-refractivity contribution in [2.75, 3.05) is 32.8 Å². The zero-order chi connectivity index (χ0) is 21.1. The van der Waals surface area contributed by atoms with Gasteiger partial charge in [0.1, 0.15) is 5.82 Å². The predicted molar refractivity (Wildman–Crippen MR) is 116 cm³/mol. The maximum absolute atomic E-state index is 13.3. The highest BCUT2D eigenvalue weighted by atomic mass is 19.1. The van der Waals surface area contributed by atoms with Crippen LogP contribution in [0.1, 0.15) is 24.2 Å². The van der Waals surface area contributed by atoms with Crippen LogP contribution >= 0.6 is 0 Å². The van der Waals surface area contributed by atoms with Crippen LogP contribution in [0.5, 0.6) is 0 Å². The van der Waals surface area contributed by atoms with E-state index in [1.165, 1.54) is 12.1 Å². The molecular weight excluding hydrogens is 381 g/mol. The van der Waals surface area contributed by atoms with E-state index in [1.807, 2.05) is 24.3 Å². The minimum Gasteiger partial charge on any atom is -0.379 e. The second kappa shape index (κ2) is 8.50. The Morgan fingerprint density at radius 2 is 1.83 bits per heavy atom. The van der Waals surface area contributed by atoms with Gasteiger partial charge in [-0.2, -0.15) is 0 Å². The number of ether oxygens (including phenoxy) is 1. The lowest BCUT2D eigenvalue weighted by atomic mass is 10.0. The van der Waals surface area contributed by atoms with E-state index >= 15 is 0 Å². The summed E-state index contributed by atoms with van der Waals surface area (Å²) in [7, 11) is 0. The minimum absolute atomic E-state index is 0.140. The van der Waals surface area contributed by atoms with Gasteiger partial charge in [-0.15, -0.1) is 0 Å². The number of hydrogen-bond acceptors (Lipinski definition) is 4. The molecule has 0 aliphatic carbocycles. The van der Waals surface area contributed by atoms with Crippen molar-refractivity contribution in [2.45, 2.75) is 19.4 Å². The van der Waals surface area contributed by atoms with Crippen LogP contribution in [0.4, 0.5) is 4.39 Å². The molecule has 0 atom stereocenters. The van der Waals surface area contributed by atoms with Gasteiger partial charge in [-0.1, -0.05) is 18.2 Å². The number of fused-ring (bicyclic) bond motifs is 1. The molecule has 1 amide bonds. The fraction of sp³-hybridized carbons (Fsp3) is 0.333. The second-order valence-corrected chi connectivity index (χ2v) is 8.17. The normalized spacial score (nSPS) is 15.3. The fourth-order valence-corrected chi connectivity index (χ4v) is 3.80. The number of para-hydroxylation sites is 1. The van der Waals surface area contributed by atoms with Gasteiger partial charge in [-0.25, -0.2) is 9.37 Å². The lowest BCUT2D eigenvalue weighted by Crippen LogP contribution is -2.55. The summed E-state index contributed by atoms with van der Waals surface area (Å²) >= 11 is 0.